The highest BCUT2D eigenvalue weighted by Crippen LogP contribution is 2.32. The number of alkyl halides is 3. The van der Waals surface area contributed by atoms with Crippen LogP contribution < -0.4 is 0 Å². The molecule has 118 valence electrons. The number of hydrogen-bond donors (Lipinski definition) is 1. The van der Waals surface area contributed by atoms with E-state index in [9.17, 15) is 18.0 Å². The van der Waals surface area contributed by atoms with Crippen LogP contribution in [-0.2, 0) is 0 Å². The van der Waals surface area contributed by atoms with E-state index < -0.39 is 12.3 Å². The zero-order valence-electron chi connectivity index (χ0n) is 10.8. The first kappa shape index (κ1) is 18.7. The van der Waals surface area contributed by atoms with Crippen LogP contribution in [0, 0.1) is 0 Å². The largest absolute Gasteiger partial charge is 0.418 e. The summed E-state index contributed by atoms with van der Waals surface area (Å²) in [6, 6.07) is 5.92. The van der Waals surface area contributed by atoms with Crippen LogP contribution in [-0.4, -0.2) is 27.5 Å². The van der Waals surface area contributed by atoms with E-state index in [1.54, 1.807) is 12.1 Å². The molecule has 9 heteroatoms. The Morgan fingerprint density at radius 2 is 1.59 bits per heavy atom. The third kappa shape index (κ3) is 6.20. The Bertz CT molecular complexity index is 604. The normalized spacial score (nSPS) is 12.1. The fourth-order valence-electron chi connectivity index (χ4n) is 1.19. The predicted octanol–water partition coefficient (Wildman–Crippen LogP) is 4.10. The Morgan fingerprint density at radius 3 is 1.95 bits per heavy atom. The Labute approximate surface area is 140 Å². The summed E-state index contributed by atoms with van der Waals surface area (Å²) in [7, 11) is 0. The average molecular weight is 442 g/mol. The van der Waals surface area contributed by atoms with Crippen molar-refractivity contribution < 1.29 is 23.1 Å². The van der Waals surface area contributed by atoms with Crippen molar-refractivity contribution in [2.45, 2.75) is 12.3 Å². The maximum absolute atomic E-state index is 11.9. The fraction of sp³-hybridized carbons (Fsp3) is 0.154. The zero-order valence-corrected chi connectivity index (χ0v) is 13.9. The molecule has 4 nitrogen and oxygen atoms in total. The summed E-state index contributed by atoms with van der Waals surface area (Å²) in [5.41, 5.74) is 0.328. The maximum Gasteiger partial charge on any atom is 0.418 e. The number of carbonyl (C=O) groups excluding carboxylic acids is 1. The fourth-order valence-corrected chi connectivity index (χ4v) is 1.66. The molecule has 2 heterocycles. The van der Waals surface area contributed by atoms with Crippen LogP contribution in [0.4, 0.5) is 13.2 Å². The third-order valence-corrected chi connectivity index (χ3v) is 3.20. The van der Waals surface area contributed by atoms with E-state index in [1.807, 2.05) is 0 Å². The van der Waals surface area contributed by atoms with Gasteiger partial charge in [-0.25, -0.2) is 9.97 Å². The number of aldehydes is 1. The van der Waals surface area contributed by atoms with E-state index in [4.69, 9.17) is 5.11 Å². The number of aliphatic hydroxyl groups is 1. The molecule has 2 aromatic heterocycles. The van der Waals surface area contributed by atoms with Crippen LogP contribution in [0.3, 0.4) is 0 Å². The van der Waals surface area contributed by atoms with Crippen molar-refractivity contribution in [1.29, 1.82) is 0 Å². The van der Waals surface area contributed by atoms with Crippen molar-refractivity contribution in [2.24, 2.45) is 0 Å². The van der Waals surface area contributed by atoms with Crippen LogP contribution in [0.15, 0.2) is 45.9 Å². The van der Waals surface area contributed by atoms with Crippen molar-refractivity contribution in [1.82, 2.24) is 9.97 Å². The quantitative estimate of drug-likeness (QED) is 0.563. The molecule has 0 bridgehead atoms. The molecule has 2 aromatic rings. The van der Waals surface area contributed by atoms with Crippen LogP contribution >= 0.6 is 31.9 Å². The summed E-state index contributed by atoms with van der Waals surface area (Å²) in [5, 5.41) is 8.77. The molecule has 0 spiro atoms. The van der Waals surface area contributed by atoms with Gasteiger partial charge in [-0.3, -0.25) is 4.79 Å². The number of aromatic nitrogens is 2. The second-order valence-electron chi connectivity index (χ2n) is 3.89. The lowest BCUT2D eigenvalue weighted by Gasteiger charge is -2.13. The van der Waals surface area contributed by atoms with Gasteiger partial charge in [0.1, 0.15) is 9.21 Å². The Kier molecular flexibility index (Phi) is 7.11. The van der Waals surface area contributed by atoms with E-state index in [0.29, 0.717) is 10.2 Å². The summed E-state index contributed by atoms with van der Waals surface area (Å²) in [4.78, 5) is 17.5. The molecular weight excluding hydrogens is 433 g/mol. The first-order valence-electron chi connectivity index (χ1n) is 5.67. The molecule has 0 radical (unpaired) electrons. The number of carbonyl (C=O) groups is 1. The summed E-state index contributed by atoms with van der Waals surface area (Å²) < 4.78 is 37.0. The van der Waals surface area contributed by atoms with Crippen LogP contribution in [0.2, 0.25) is 0 Å². The summed E-state index contributed by atoms with van der Waals surface area (Å²) in [6.45, 7) is 0. The van der Waals surface area contributed by atoms with Crippen LogP contribution in [0.1, 0.15) is 22.0 Å². The molecule has 1 atom stereocenters. The molecular formula is C13H9Br2F3N2O2. The minimum Gasteiger partial charge on any atom is -0.379 e. The van der Waals surface area contributed by atoms with Gasteiger partial charge in [-0.15, -0.1) is 0 Å². The van der Waals surface area contributed by atoms with Gasteiger partial charge in [0.25, 0.3) is 0 Å². The smallest absolute Gasteiger partial charge is 0.379 e. The average Bonchev–Trinajstić information content (AvgIpc) is 2.48. The van der Waals surface area contributed by atoms with E-state index in [0.717, 1.165) is 23.2 Å². The predicted molar refractivity (Wildman–Crippen MR) is 80.3 cm³/mol. The first-order chi connectivity index (χ1) is 10.2. The van der Waals surface area contributed by atoms with Gasteiger partial charge in [-0.1, -0.05) is 6.07 Å². The topological polar surface area (TPSA) is 63.1 Å². The Morgan fingerprint density at radius 1 is 1.05 bits per heavy atom. The molecule has 0 amide bonds. The van der Waals surface area contributed by atoms with Crippen LogP contribution in [0.5, 0.6) is 0 Å². The minimum absolute atomic E-state index is 0.268. The molecule has 22 heavy (non-hydrogen) atoms. The van der Waals surface area contributed by atoms with E-state index in [2.05, 4.69) is 41.8 Å². The van der Waals surface area contributed by atoms with E-state index in [-0.39, 0.29) is 5.56 Å². The second kappa shape index (κ2) is 8.35. The highest BCUT2D eigenvalue weighted by Gasteiger charge is 2.39. The second-order valence-corrected chi connectivity index (χ2v) is 5.52. The zero-order chi connectivity index (χ0) is 16.8. The molecule has 0 aliphatic rings. The Balaban J connectivity index is 0.000000235. The summed E-state index contributed by atoms with van der Waals surface area (Å²) in [6.07, 6.45) is -3.86. The number of halogens is 5. The highest BCUT2D eigenvalue weighted by atomic mass is 79.9. The van der Waals surface area contributed by atoms with Crippen molar-refractivity contribution >= 4 is 38.1 Å². The molecule has 1 unspecified atom stereocenters. The van der Waals surface area contributed by atoms with Gasteiger partial charge in [-0.05, 0) is 50.1 Å². The number of aliphatic hydroxyl groups excluding tert-OH is 1. The standard InChI is InChI=1S/C7H5BrF3NO.C6H4BrNO/c8-5-2-1-4(3-12-5)6(13)7(9,10)11;7-6-2-1-5(4-9)3-8-6/h1-3,6,13H;1-4H. The summed E-state index contributed by atoms with van der Waals surface area (Å²) in [5.74, 6) is 0. The van der Waals surface area contributed by atoms with Gasteiger partial charge in [0.05, 0.1) is 0 Å². The van der Waals surface area contributed by atoms with Gasteiger partial charge < -0.3 is 5.11 Å². The van der Waals surface area contributed by atoms with Crippen molar-refractivity contribution in [3.05, 3.63) is 57.0 Å². The molecule has 0 aliphatic carbocycles. The van der Waals surface area contributed by atoms with Crippen molar-refractivity contribution in [3.63, 3.8) is 0 Å². The molecule has 2 rings (SSSR count). The molecule has 0 saturated carbocycles. The van der Waals surface area contributed by atoms with Gasteiger partial charge in [0.2, 0.25) is 0 Å². The summed E-state index contributed by atoms with van der Waals surface area (Å²) >= 11 is 6.12. The highest BCUT2D eigenvalue weighted by molar-refractivity contribution is 9.10. The van der Waals surface area contributed by atoms with Crippen molar-refractivity contribution in [3.8, 4) is 0 Å². The third-order valence-electron chi connectivity index (χ3n) is 2.26. The van der Waals surface area contributed by atoms with Gasteiger partial charge in [-0.2, -0.15) is 13.2 Å². The van der Waals surface area contributed by atoms with Gasteiger partial charge in [0, 0.05) is 23.5 Å². The molecule has 0 aliphatic heterocycles. The molecule has 1 N–H and O–H groups in total. The van der Waals surface area contributed by atoms with Crippen LogP contribution in [0.25, 0.3) is 0 Å². The number of pyridine rings is 2. The van der Waals surface area contributed by atoms with Gasteiger partial charge in [0.15, 0.2) is 12.4 Å². The number of nitrogens with zero attached hydrogens (tertiary/aromatic N) is 2. The SMILES string of the molecule is O=Cc1ccc(Br)nc1.OC(c1ccc(Br)nc1)C(F)(F)F. The molecule has 0 aromatic carbocycles. The Hall–Kier alpha value is -1.32. The lowest BCUT2D eigenvalue weighted by molar-refractivity contribution is -0.206. The number of rotatable bonds is 2. The van der Waals surface area contributed by atoms with E-state index in [1.165, 1.54) is 12.3 Å². The molecule has 0 saturated heterocycles. The first-order valence-corrected chi connectivity index (χ1v) is 7.25. The van der Waals surface area contributed by atoms with E-state index >= 15 is 0 Å². The molecule has 0 fully saturated rings. The lowest BCUT2D eigenvalue weighted by Crippen LogP contribution is -2.20. The number of hydrogen-bond acceptors (Lipinski definition) is 4. The monoisotopic (exact) mass is 440 g/mol. The maximum atomic E-state index is 11.9. The van der Waals surface area contributed by atoms with Crippen molar-refractivity contribution in [2.75, 3.05) is 0 Å². The minimum atomic E-state index is -4.64. The lowest BCUT2D eigenvalue weighted by atomic mass is 10.1. The van der Waals surface area contributed by atoms with Gasteiger partial charge >= 0.3 is 6.18 Å².